The van der Waals surface area contributed by atoms with Gasteiger partial charge in [-0.3, -0.25) is 0 Å². The lowest BCUT2D eigenvalue weighted by molar-refractivity contribution is 0.270. The van der Waals surface area contributed by atoms with Crippen LogP contribution in [-0.2, 0) is 44.4 Å². The SMILES string of the molecule is CC(C)(C)c1ccc2c(c1)B1c3cc(C(C)(C)C)ccc3N(c3ccc(C(C)(C)C)cc3-c3ccccc3)c3cc(N4c5ccc(C(C)(C)C)cc5C5(c6ccccc6)CCc6ccccc6C45C)cc(c31)N2c1ccc(C(C)(C)C)cc1-c1ccccc1. The van der Waals surface area contributed by atoms with Crippen molar-refractivity contribution in [1.29, 1.82) is 0 Å². The molecule has 14 rings (SSSR count). The van der Waals surface area contributed by atoms with E-state index in [0.29, 0.717) is 0 Å². The molecule has 10 aromatic carbocycles. The molecule has 0 fully saturated rings. The lowest BCUT2D eigenvalue weighted by atomic mass is 9.33. The third-order valence-corrected chi connectivity index (χ3v) is 20.8. The van der Waals surface area contributed by atoms with Crippen LogP contribution in [0.3, 0.4) is 0 Å². The smallest absolute Gasteiger partial charge is 0.252 e. The van der Waals surface area contributed by atoms with Gasteiger partial charge in [-0.05, 0) is 179 Å². The minimum absolute atomic E-state index is 0.0756. The molecule has 446 valence electrons. The standard InChI is InChI=1S/C85H88BN3/c1-79(2,3)59-36-41-71(65(48-59)55-28-20-17-21-29-55)87-74-44-39-62(82(10,11)12)51-69(74)86-70-52-63(83(13,14)15)40-45-75(70)88(72-42-37-60(80(4,5)6)49-66(72)56-30-22-18-23-31-56)77-54-64(53-76(87)78(77)86)89-73-43-38-61(81(7,8)9)50-68(73)85(58-33-24-19-25-34-58)47-46-57-32-26-27-35-67(57)84(85,89)16/h17-45,48-54H,46-47H2,1-16H3. The highest BCUT2D eigenvalue weighted by Gasteiger charge is 2.64. The van der Waals surface area contributed by atoms with Crippen LogP contribution >= 0.6 is 0 Å². The molecule has 0 N–H and O–H groups in total. The van der Waals surface area contributed by atoms with Crippen molar-refractivity contribution in [3.8, 4) is 22.3 Å². The van der Waals surface area contributed by atoms with Crippen LogP contribution < -0.4 is 31.1 Å². The largest absolute Gasteiger partial charge is 0.330 e. The van der Waals surface area contributed by atoms with Crippen LogP contribution in [0.25, 0.3) is 22.3 Å². The second kappa shape index (κ2) is 20.3. The monoisotopic (exact) mass is 1160 g/mol. The van der Waals surface area contributed by atoms with E-state index in [-0.39, 0.29) is 33.8 Å². The van der Waals surface area contributed by atoms with Crippen LogP contribution in [0.15, 0.2) is 218 Å². The van der Waals surface area contributed by atoms with Gasteiger partial charge >= 0.3 is 0 Å². The summed E-state index contributed by atoms with van der Waals surface area (Å²) in [6.45, 7) is 37.9. The average Bonchev–Trinajstić information content (AvgIpc) is 1.60. The van der Waals surface area contributed by atoms with E-state index < -0.39 is 11.0 Å². The Hall–Kier alpha value is -8.34. The van der Waals surface area contributed by atoms with Crippen LogP contribution in [0.1, 0.15) is 167 Å². The minimum Gasteiger partial charge on any atom is -0.330 e. The topological polar surface area (TPSA) is 9.72 Å². The molecule has 0 bridgehead atoms. The predicted molar refractivity (Wildman–Crippen MR) is 383 cm³/mol. The van der Waals surface area contributed by atoms with Crippen molar-refractivity contribution in [2.75, 3.05) is 14.7 Å². The molecule has 4 aliphatic rings. The molecule has 0 spiro atoms. The third-order valence-electron chi connectivity index (χ3n) is 20.8. The summed E-state index contributed by atoms with van der Waals surface area (Å²) in [4.78, 5) is 8.24. The van der Waals surface area contributed by atoms with E-state index in [4.69, 9.17) is 0 Å². The number of benzene rings is 10. The second-order valence-electron chi connectivity index (χ2n) is 31.6. The lowest BCUT2D eigenvalue weighted by Gasteiger charge is -2.53. The second-order valence-corrected chi connectivity index (χ2v) is 31.6. The molecule has 3 nitrogen and oxygen atoms in total. The lowest BCUT2D eigenvalue weighted by Crippen LogP contribution is -2.62. The molecule has 1 aliphatic carbocycles. The van der Waals surface area contributed by atoms with Gasteiger partial charge in [-0.25, -0.2) is 0 Å². The van der Waals surface area contributed by atoms with E-state index in [2.05, 4.69) is 344 Å². The number of fused-ring (bicyclic) bond motifs is 9. The predicted octanol–water partition coefficient (Wildman–Crippen LogP) is 20.9. The highest BCUT2D eigenvalue weighted by molar-refractivity contribution is 7.00. The van der Waals surface area contributed by atoms with Crippen LogP contribution in [0.4, 0.5) is 45.5 Å². The molecule has 89 heavy (non-hydrogen) atoms. The van der Waals surface area contributed by atoms with Gasteiger partial charge in [-0.1, -0.05) is 268 Å². The van der Waals surface area contributed by atoms with Crippen LogP contribution in [0, 0.1) is 0 Å². The fraction of sp³-hybridized carbons (Fsp3) is 0.294. The van der Waals surface area contributed by atoms with E-state index in [9.17, 15) is 0 Å². The summed E-state index contributed by atoms with van der Waals surface area (Å²) in [7, 11) is 0. The Balaban J connectivity index is 1.19. The summed E-state index contributed by atoms with van der Waals surface area (Å²) in [5, 5.41) is 0. The first-order valence-electron chi connectivity index (χ1n) is 32.7. The molecule has 10 aromatic rings. The molecule has 0 radical (unpaired) electrons. The zero-order valence-electron chi connectivity index (χ0n) is 55.6. The summed E-state index contributed by atoms with van der Waals surface area (Å²) >= 11 is 0. The van der Waals surface area contributed by atoms with Crippen LogP contribution in [0.2, 0.25) is 0 Å². The number of hydrogen-bond acceptors (Lipinski definition) is 3. The average molecular weight is 1160 g/mol. The van der Waals surface area contributed by atoms with E-state index in [0.717, 1.165) is 24.2 Å². The van der Waals surface area contributed by atoms with Crippen molar-refractivity contribution >= 4 is 68.6 Å². The van der Waals surface area contributed by atoms with Gasteiger partial charge in [0, 0.05) is 45.3 Å². The highest BCUT2D eigenvalue weighted by atomic mass is 15.3. The Morgan fingerprint density at radius 3 is 1.18 bits per heavy atom. The van der Waals surface area contributed by atoms with E-state index in [1.807, 2.05) is 0 Å². The maximum absolute atomic E-state index is 2.83. The fourth-order valence-corrected chi connectivity index (χ4v) is 15.9. The maximum Gasteiger partial charge on any atom is 0.252 e. The molecule has 3 heterocycles. The summed E-state index contributed by atoms with van der Waals surface area (Å²) in [6.07, 6.45) is 1.94. The van der Waals surface area contributed by atoms with Crippen molar-refractivity contribution < 1.29 is 0 Å². The number of rotatable bonds is 6. The number of aryl methyl sites for hydroxylation is 1. The molecule has 0 aromatic heterocycles. The molecule has 4 heteroatoms. The quantitative estimate of drug-likeness (QED) is 0.154. The zero-order valence-corrected chi connectivity index (χ0v) is 55.6. The first kappa shape index (κ1) is 58.4. The first-order valence-corrected chi connectivity index (χ1v) is 32.7. The van der Waals surface area contributed by atoms with Crippen molar-refractivity contribution in [2.24, 2.45) is 0 Å². The molecule has 0 amide bonds. The minimum atomic E-state index is -0.590. The van der Waals surface area contributed by atoms with Crippen molar-refractivity contribution in [3.05, 3.63) is 268 Å². The van der Waals surface area contributed by atoms with E-state index >= 15 is 0 Å². The van der Waals surface area contributed by atoms with Crippen molar-refractivity contribution in [2.45, 2.75) is 162 Å². The first-order chi connectivity index (χ1) is 42.2. The molecule has 0 saturated heterocycles. The Labute approximate surface area is 532 Å². The van der Waals surface area contributed by atoms with Gasteiger partial charge in [0.05, 0.1) is 22.3 Å². The summed E-state index contributed by atoms with van der Waals surface area (Å²) in [5.74, 6) is 0. The Morgan fingerprint density at radius 1 is 0.348 bits per heavy atom. The number of anilines is 8. The van der Waals surface area contributed by atoms with Gasteiger partial charge in [-0.15, -0.1) is 0 Å². The van der Waals surface area contributed by atoms with Gasteiger partial charge in [-0.2, -0.15) is 0 Å². The Bertz CT molecular complexity index is 4230. The number of nitrogens with zero attached hydrogens (tertiary/aromatic N) is 3. The van der Waals surface area contributed by atoms with Gasteiger partial charge in [0.1, 0.15) is 0 Å². The van der Waals surface area contributed by atoms with Gasteiger partial charge in [0.15, 0.2) is 0 Å². The molecule has 0 saturated carbocycles. The van der Waals surface area contributed by atoms with Crippen molar-refractivity contribution in [3.63, 3.8) is 0 Å². The normalized spacial score (nSPS) is 17.8. The highest BCUT2D eigenvalue weighted by Crippen LogP contribution is 2.67. The van der Waals surface area contributed by atoms with E-state index in [1.165, 1.54) is 123 Å². The molecule has 2 unspecified atom stereocenters. The molecule has 2 atom stereocenters. The van der Waals surface area contributed by atoms with Gasteiger partial charge in [0.25, 0.3) is 6.71 Å². The van der Waals surface area contributed by atoms with Crippen LogP contribution in [0.5, 0.6) is 0 Å². The molecular weight excluding hydrogens is 1070 g/mol. The van der Waals surface area contributed by atoms with Gasteiger partial charge < -0.3 is 14.7 Å². The number of hydrogen-bond donors (Lipinski definition) is 0. The van der Waals surface area contributed by atoms with E-state index in [1.54, 1.807) is 0 Å². The fourth-order valence-electron chi connectivity index (χ4n) is 15.9. The Kier molecular flexibility index (Phi) is 13.3. The molecular formula is C85H88BN3. The van der Waals surface area contributed by atoms with Crippen molar-refractivity contribution in [1.82, 2.24) is 0 Å². The van der Waals surface area contributed by atoms with Gasteiger partial charge in [0.2, 0.25) is 0 Å². The summed E-state index contributed by atoms with van der Waals surface area (Å²) in [6, 6.07) is 85.9. The summed E-state index contributed by atoms with van der Waals surface area (Å²) < 4.78 is 0. The maximum atomic E-state index is 2.83. The zero-order chi connectivity index (χ0) is 62.5. The summed E-state index contributed by atoms with van der Waals surface area (Å²) in [5.41, 5.74) is 29.1. The van der Waals surface area contributed by atoms with Crippen LogP contribution in [-0.4, -0.2) is 6.71 Å². The Morgan fingerprint density at radius 2 is 0.730 bits per heavy atom. The molecule has 3 aliphatic heterocycles. The third kappa shape index (κ3) is 9.19.